The van der Waals surface area contributed by atoms with Crippen molar-refractivity contribution < 1.29 is 9.16 Å². The van der Waals surface area contributed by atoms with Crippen LogP contribution in [0.15, 0.2) is 0 Å². The van der Waals surface area contributed by atoms with E-state index in [1.165, 1.54) is 6.47 Å². The quantitative estimate of drug-likeness (QED) is 0.235. The highest BCUT2D eigenvalue weighted by atomic mass is 16.6. The van der Waals surface area contributed by atoms with Crippen molar-refractivity contribution >= 4 is 6.47 Å². The molecule has 2 heteroatoms. The highest BCUT2D eigenvalue weighted by Crippen LogP contribution is 1.88. The normalized spacial score (nSPS) is 18.7. The molecule has 6 heavy (non-hydrogen) atoms. The monoisotopic (exact) mass is 86.0 g/mol. The second-order valence-electron chi connectivity index (χ2n) is 1.06. The van der Waals surface area contributed by atoms with Crippen molar-refractivity contribution in [2.75, 3.05) is 6.61 Å². The molecule has 1 aliphatic rings. The fourth-order valence-corrected chi connectivity index (χ4v) is 0.311. The molecule has 0 aromatic carbocycles. The Balaban J connectivity index is 2.26. The molecule has 1 rings (SSSR count). The lowest BCUT2D eigenvalue weighted by Crippen LogP contribution is -1.99. The third-order valence-electron chi connectivity index (χ3n) is 0.573. The van der Waals surface area contributed by atoms with E-state index in [0.29, 0.717) is 0 Å². The first-order valence-electron chi connectivity index (χ1n) is 1.90. The average molecular weight is 86.1 g/mol. The molecular weight excluding hydrogens is 80.0 g/mol. The predicted octanol–water partition coefficient (Wildman–Crippen LogP) is 0.261. The fraction of sp³-hybridized carbons (Fsp3) is 0.500. The number of cyclic esters (lactones) is 1. The smallest absolute Gasteiger partial charge is 0.325 e. The number of carbonyl (C=O) groups excluding carboxylic acids is 1. The molecule has 0 aromatic rings. The molecule has 34 valence electrons. The van der Waals surface area contributed by atoms with Crippen molar-refractivity contribution in [2.24, 2.45) is 0 Å². The number of hydrogen-bond acceptors (Lipinski definition) is 1. The van der Waals surface area contributed by atoms with Crippen LogP contribution in [0.25, 0.3) is 0 Å². The SMILES string of the molecule is C1=[O+][CH-]CCO1. The molecule has 0 saturated carbocycles. The molecule has 0 atom stereocenters. The maximum absolute atomic E-state index is 4.69. The average Bonchev–Trinajstić information content (AvgIpc) is 1.72. The molecule has 0 aromatic heterocycles. The molecule has 0 aliphatic carbocycles. The van der Waals surface area contributed by atoms with Crippen LogP contribution in [0.3, 0.4) is 0 Å². The zero-order valence-corrected chi connectivity index (χ0v) is 3.39. The minimum atomic E-state index is 0.764. The van der Waals surface area contributed by atoms with Gasteiger partial charge in [-0.2, -0.15) is 0 Å². The minimum absolute atomic E-state index is 0.764. The zero-order valence-electron chi connectivity index (χ0n) is 3.39. The van der Waals surface area contributed by atoms with Crippen molar-refractivity contribution in [2.45, 2.75) is 6.42 Å². The Kier molecular flexibility index (Phi) is 0.998. The van der Waals surface area contributed by atoms with Crippen LogP contribution in [-0.4, -0.2) is 13.1 Å². The third kappa shape index (κ3) is 0.641. The second-order valence-corrected chi connectivity index (χ2v) is 1.06. The third-order valence-corrected chi connectivity index (χ3v) is 0.573. The predicted molar refractivity (Wildman–Crippen MR) is 20.9 cm³/mol. The zero-order chi connectivity index (χ0) is 4.24. The molecule has 0 unspecified atom stereocenters. The molecule has 0 bridgehead atoms. The van der Waals surface area contributed by atoms with Crippen LogP contribution in [0, 0.1) is 6.61 Å². The van der Waals surface area contributed by atoms with Crippen LogP contribution < -0.4 is 0 Å². The van der Waals surface area contributed by atoms with E-state index in [4.69, 9.17) is 4.74 Å². The Morgan fingerprint density at radius 2 is 2.83 bits per heavy atom. The van der Waals surface area contributed by atoms with Gasteiger partial charge in [0.25, 0.3) is 0 Å². The van der Waals surface area contributed by atoms with Crippen LogP contribution in [0.4, 0.5) is 0 Å². The Hall–Kier alpha value is -0.660. The molecule has 1 aliphatic heterocycles. The summed E-state index contributed by atoms with van der Waals surface area (Å²) < 4.78 is 9.29. The van der Waals surface area contributed by atoms with E-state index < -0.39 is 0 Å². The van der Waals surface area contributed by atoms with Crippen LogP contribution in [0.5, 0.6) is 0 Å². The van der Waals surface area contributed by atoms with Crippen molar-refractivity contribution in [3.63, 3.8) is 0 Å². The summed E-state index contributed by atoms with van der Waals surface area (Å²) in [7, 11) is 0. The maximum Gasteiger partial charge on any atom is 0.325 e. The maximum atomic E-state index is 4.69. The van der Waals surface area contributed by atoms with Gasteiger partial charge < -0.3 is 9.16 Å². The molecule has 0 amide bonds. The Morgan fingerprint density at radius 3 is 3.00 bits per heavy atom. The lowest BCUT2D eigenvalue weighted by Gasteiger charge is -1.99. The molecule has 0 saturated heterocycles. The largest absolute Gasteiger partial charge is 0.469 e. The van der Waals surface area contributed by atoms with Crippen LogP contribution in [0.1, 0.15) is 6.42 Å². The van der Waals surface area contributed by atoms with Crippen molar-refractivity contribution in [1.29, 1.82) is 0 Å². The first kappa shape index (κ1) is 3.53. The summed E-state index contributed by atoms with van der Waals surface area (Å²) in [6.45, 7) is 3.81. The van der Waals surface area contributed by atoms with E-state index in [1.54, 1.807) is 6.61 Å². The summed E-state index contributed by atoms with van der Waals surface area (Å²) in [6.07, 6.45) is 0.899. The first-order chi connectivity index (χ1) is 3.00. The van der Waals surface area contributed by atoms with Gasteiger partial charge in [0.15, 0.2) is 6.61 Å². The summed E-state index contributed by atoms with van der Waals surface area (Å²) in [5, 5.41) is 0. The number of ether oxygens (including phenoxy) is 1. The molecule has 1 heterocycles. The summed E-state index contributed by atoms with van der Waals surface area (Å²) >= 11 is 0. The van der Waals surface area contributed by atoms with Gasteiger partial charge in [-0.15, -0.1) is 0 Å². The van der Waals surface area contributed by atoms with Gasteiger partial charge in [-0.05, 0) is 0 Å². The van der Waals surface area contributed by atoms with E-state index in [0.717, 1.165) is 13.0 Å². The molecule has 0 fully saturated rings. The topological polar surface area (TPSA) is 20.5 Å². The summed E-state index contributed by atoms with van der Waals surface area (Å²) in [5.41, 5.74) is 0. The van der Waals surface area contributed by atoms with Gasteiger partial charge in [0.2, 0.25) is 0 Å². The second kappa shape index (κ2) is 1.70. The van der Waals surface area contributed by atoms with Crippen LogP contribution >= 0.6 is 0 Å². The molecule has 2 nitrogen and oxygen atoms in total. The van der Waals surface area contributed by atoms with Gasteiger partial charge in [0.1, 0.15) is 0 Å². The molecular formula is C4H6O2. The van der Waals surface area contributed by atoms with E-state index in [9.17, 15) is 0 Å². The number of hydrogen-bond donors (Lipinski definition) is 0. The van der Waals surface area contributed by atoms with E-state index in [1.807, 2.05) is 0 Å². The van der Waals surface area contributed by atoms with E-state index >= 15 is 0 Å². The summed E-state index contributed by atoms with van der Waals surface area (Å²) in [6, 6.07) is 0. The fourth-order valence-electron chi connectivity index (χ4n) is 0.311. The standard InChI is InChI=1S/C4H6O2/c1-2-5-4-6-3-1/h2,4H,1,3H2. The van der Waals surface area contributed by atoms with Gasteiger partial charge >= 0.3 is 6.47 Å². The van der Waals surface area contributed by atoms with Gasteiger partial charge in [-0.1, -0.05) is 0 Å². The Bertz CT molecular complexity index is 50.6. The Morgan fingerprint density at radius 1 is 1.83 bits per heavy atom. The van der Waals surface area contributed by atoms with Crippen LogP contribution in [0.2, 0.25) is 0 Å². The van der Waals surface area contributed by atoms with Gasteiger partial charge in [0.05, 0.1) is 0 Å². The highest BCUT2D eigenvalue weighted by Gasteiger charge is 1.90. The lowest BCUT2D eigenvalue weighted by atomic mass is 10.5. The molecule has 0 spiro atoms. The van der Waals surface area contributed by atoms with Crippen LogP contribution in [-0.2, 0) is 9.16 Å². The first-order valence-corrected chi connectivity index (χ1v) is 1.90. The number of rotatable bonds is 0. The van der Waals surface area contributed by atoms with Crippen molar-refractivity contribution in [3.05, 3.63) is 6.61 Å². The summed E-state index contributed by atoms with van der Waals surface area (Å²) in [4.78, 5) is 0. The van der Waals surface area contributed by atoms with Crippen molar-refractivity contribution in [3.8, 4) is 0 Å². The van der Waals surface area contributed by atoms with E-state index in [-0.39, 0.29) is 0 Å². The highest BCUT2D eigenvalue weighted by molar-refractivity contribution is 5.38. The van der Waals surface area contributed by atoms with E-state index in [2.05, 4.69) is 4.42 Å². The summed E-state index contributed by atoms with van der Waals surface area (Å²) in [5.74, 6) is 0. The molecule has 0 radical (unpaired) electrons. The Labute approximate surface area is 36.4 Å². The molecule has 0 N–H and O–H groups in total. The minimum Gasteiger partial charge on any atom is -0.469 e. The van der Waals surface area contributed by atoms with Crippen molar-refractivity contribution in [1.82, 2.24) is 0 Å². The van der Waals surface area contributed by atoms with Gasteiger partial charge in [-0.25, -0.2) is 0 Å². The van der Waals surface area contributed by atoms with Gasteiger partial charge in [-0.3, -0.25) is 0 Å². The van der Waals surface area contributed by atoms with Gasteiger partial charge in [0, 0.05) is 13.0 Å². The lowest BCUT2D eigenvalue weighted by molar-refractivity contribution is -0.425.